The molecular formula is C11H18O. The summed E-state index contributed by atoms with van der Waals surface area (Å²) in [5.41, 5.74) is -0.0316. The van der Waals surface area contributed by atoms with E-state index in [0.717, 1.165) is 0 Å². The molecule has 1 nitrogen and oxygen atoms in total. The van der Waals surface area contributed by atoms with Gasteiger partial charge in [0.25, 0.3) is 0 Å². The number of hydrogen-bond acceptors (Lipinski definition) is 1. The molecule has 0 atom stereocenters. The van der Waals surface area contributed by atoms with Crippen LogP contribution in [0.5, 0.6) is 0 Å². The summed E-state index contributed by atoms with van der Waals surface area (Å²) in [4.78, 5) is 11.4. The van der Waals surface area contributed by atoms with E-state index in [0.29, 0.717) is 18.6 Å². The van der Waals surface area contributed by atoms with Crippen LogP contribution in [-0.4, -0.2) is 5.78 Å². The molecular weight excluding hydrogens is 148 g/mol. The van der Waals surface area contributed by atoms with Crippen molar-refractivity contribution in [3.05, 3.63) is 0 Å². The first kappa shape index (κ1) is 11.2. The summed E-state index contributed by atoms with van der Waals surface area (Å²) in [7, 11) is 0. The van der Waals surface area contributed by atoms with Gasteiger partial charge in [0.2, 0.25) is 0 Å². The van der Waals surface area contributed by atoms with Gasteiger partial charge in [0.1, 0.15) is 5.78 Å². The first-order valence-corrected chi connectivity index (χ1v) is 4.35. The Labute approximate surface area is 75.5 Å². The monoisotopic (exact) mass is 166 g/mol. The first-order valence-electron chi connectivity index (χ1n) is 4.35. The molecule has 0 aromatic heterocycles. The van der Waals surface area contributed by atoms with Gasteiger partial charge in [-0.05, 0) is 5.41 Å². The van der Waals surface area contributed by atoms with Gasteiger partial charge < -0.3 is 0 Å². The van der Waals surface area contributed by atoms with E-state index in [1.807, 2.05) is 27.7 Å². The van der Waals surface area contributed by atoms with Gasteiger partial charge in [-0.3, -0.25) is 4.79 Å². The molecule has 0 bridgehead atoms. The van der Waals surface area contributed by atoms with Crippen LogP contribution in [0.4, 0.5) is 0 Å². The van der Waals surface area contributed by atoms with E-state index in [1.165, 1.54) is 0 Å². The van der Waals surface area contributed by atoms with Gasteiger partial charge in [0.15, 0.2) is 0 Å². The van der Waals surface area contributed by atoms with E-state index in [9.17, 15) is 4.79 Å². The predicted octanol–water partition coefficient (Wildman–Crippen LogP) is 2.65. The molecule has 0 aliphatic rings. The molecule has 0 heterocycles. The molecule has 0 rings (SSSR count). The lowest BCUT2D eigenvalue weighted by atomic mass is 9.82. The topological polar surface area (TPSA) is 17.1 Å². The average Bonchev–Trinajstić information content (AvgIpc) is 1.85. The van der Waals surface area contributed by atoms with Gasteiger partial charge in [0.05, 0.1) is 0 Å². The molecule has 0 aromatic carbocycles. The van der Waals surface area contributed by atoms with E-state index in [4.69, 9.17) is 6.42 Å². The maximum Gasteiger partial charge on any atom is 0.135 e. The van der Waals surface area contributed by atoms with Gasteiger partial charge >= 0.3 is 0 Å². The highest BCUT2D eigenvalue weighted by Crippen LogP contribution is 2.25. The SMILES string of the molecule is C#CCC(C)(C)CC(=O)C(C)C. The molecule has 0 unspecified atom stereocenters. The second-order valence-corrected chi connectivity index (χ2v) is 4.34. The van der Waals surface area contributed by atoms with Gasteiger partial charge in [-0.15, -0.1) is 12.3 Å². The number of carbonyl (C=O) groups is 1. The Morgan fingerprint density at radius 1 is 1.50 bits per heavy atom. The largest absolute Gasteiger partial charge is 0.299 e. The second-order valence-electron chi connectivity index (χ2n) is 4.34. The third-order valence-electron chi connectivity index (χ3n) is 1.88. The molecule has 0 spiro atoms. The Bertz CT molecular complexity index is 194. The molecule has 0 amide bonds. The summed E-state index contributed by atoms with van der Waals surface area (Å²) < 4.78 is 0. The number of terminal acetylenes is 1. The standard InChI is InChI=1S/C11H18O/c1-6-7-11(4,5)8-10(12)9(2)3/h1,9H,7-8H2,2-5H3. The summed E-state index contributed by atoms with van der Waals surface area (Å²) in [6, 6.07) is 0. The summed E-state index contributed by atoms with van der Waals surface area (Å²) in [6.45, 7) is 7.92. The van der Waals surface area contributed by atoms with Crippen molar-refractivity contribution >= 4 is 5.78 Å². The van der Waals surface area contributed by atoms with Gasteiger partial charge in [0, 0.05) is 18.8 Å². The van der Waals surface area contributed by atoms with Crippen molar-refractivity contribution in [2.75, 3.05) is 0 Å². The highest BCUT2D eigenvalue weighted by atomic mass is 16.1. The van der Waals surface area contributed by atoms with Crippen LogP contribution in [0, 0.1) is 23.7 Å². The Hall–Kier alpha value is -0.770. The molecule has 0 fully saturated rings. The predicted molar refractivity (Wildman–Crippen MR) is 51.7 cm³/mol. The van der Waals surface area contributed by atoms with Gasteiger partial charge in [-0.25, -0.2) is 0 Å². The van der Waals surface area contributed by atoms with E-state index in [-0.39, 0.29) is 11.3 Å². The maximum atomic E-state index is 11.4. The summed E-state index contributed by atoms with van der Waals surface area (Å²) >= 11 is 0. The van der Waals surface area contributed by atoms with Crippen LogP contribution >= 0.6 is 0 Å². The minimum absolute atomic E-state index is 0.0316. The van der Waals surface area contributed by atoms with E-state index < -0.39 is 0 Å². The average molecular weight is 166 g/mol. The number of Topliss-reactive ketones (excluding diaryl/α,β-unsaturated/α-hetero) is 1. The molecule has 0 saturated carbocycles. The molecule has 0 radical (unpaired) electrons. The van der Waals surface area contributed by atoms with Crippen LogP contribution < -0.4 is 0 Å². The molecule has 0 aromatic rings. The highest BCUT2D eigenvalue weighted by molar-refractivity contribution is 5.80. The lowest BCUT2D eigenvalue weighted by Crippen LogP contribution is -2.19. The Morgan fingerprint density at radius 3 is 2.33 bits per heavy atom. The Balaban J connectivity index is 4.07. The lowest BCUT2D eigenvalue weighted by molar-refractivity contribution is -0.123. The zero-order chi connectivity index (χ0) is 9.78. The summed E-state index contributed by atoms with van der Waals surface area (Å²) in [6.07, 6.45) is 6.47. The molecule has 0 aliphatic heterocycles. The smallest absolute Gasteiger partial charge is 0.135 e. The highest BCUT2D eigenvalue weighted by Gasteiger charge is 2.22. The number of rotatable bonds is 4. The summed E-state index contributed by atoms with van der Waals surface area (Å²) in [5, 5.41) is 0. The minimum atomic E-state index is -0.0316. The van der Waals surface area contributed by atoms with Crippen LogP contribution in [0.3, 0.4) is 0 Å². The zero-order valence-corrected chi connectivity index (χ0v) is 8.48. The molecule has 68 valence electrons. The number of hydrogen-bond donors (Lipinski definition) is 0. The quantitative estimate of drug-likeness (QED) is 0.587. The first-order chi connectivity index (χ1) is 5.39. The fraction of sp³-hybridized carbons (Fsp3) is 0.727. The maximum absolute atomic E-state index is 11.4. The van der Waals surface area contributed by atoms with Crippen molar-refractivity contribution in [1.82, 2.24) is 0 Å². The Kier molecular flexibility index (Phi) is 4.03. The van der Waals surface area contributed by atoms with Gasteiger partial charge in [-0.1, -0.05) is 27.7 Å². The van der Waals surface area contributed by atoms with Crippen molar-refractivity contribution in [3.8, 4) is 12.3 Å². The van der Waals surface area contributed by atoms with Crippen molar-refractivity contribution < 1.29 is 4.79 Å². The number of ketones is 1. The summed E-state index contributed by atoms with van der Waals surface area (Å²) in [5.74, 6) is 3.03. The normalized spacial score (nSPS) is 11.3. The third-order valence-corrected chi connectivity index (χ3v) is 1.88. The second kappa shape index (κ2) is 4.30. The minimum Gasteiger partial charge on any atom is -0.299 e. The van der Waals surface area contributed by atoms with Crippen LogP contribution in [0.1, 0.15) is 40.5 Å². The van der Waals surface area contributed by atoms with Crippen LogP contribution in [0.2, 0.25) is 0 Å². The van der Waals surface area contributed by atoms with Crippen LogP contribution in [-0.2, 0) is 4.79 Å². The zero-order valence-electron chi connectivity index (χ0n) is 8.48. The van der Waals surface area contributed by atoms with Crippen molar-refractivity contribution in [2.24, 2.45) is 11.3 Å². The fourth-order valence-electron chi connectivity index (χ4n) is 1.01. The third kappa shape index (κ3) is 4.18. The fourth-order valence-corrected chi connectivity index (χ4v) is 1.01. The van der Waals surface area contributed by atoms with Gasteiger partial charge in [-0.2, -0.15) is 0 Å². The van der Waals surface area contributed by atoms with Crippen molar-refractivity contribution in [2.45, 2.75) is 40.5 Å². The molecule has 0 N–H and O–H groups in total. The van der Waals surface area contributed by atoms with Crippen molar-refractivity contribution in [1.29, 1.82) is 0 Å². The van der Waals surface area contributed by atoms with E-state index >= 15 is 0 Å². The van der Waals surface area contributed by atoms with Crippen molar-refractivity contribution in [3.63, 3.8) is 0 Å². The Morgan fingerprint density at radius 2 is 2.00 bits per heavy atom. The van der Waals surface area contributed by atoms with E-state index in [2.05, 4.69) is 5.92 Å². The van der Waals surface area contributed by atoms with Crippen LogP contribution in [0.25, 0.3) is 0 Å². The molecule has 0 saturated heterocycles. The number of carbonyl (C=O) groups excluding carboxylic acids is 1. The molecule has 1 heteroatoms. The lowest BCUT2D eigenvalue weighted by Gasteiger charge is -2.21. The van der Waals surface area contributed by atoms with E-state index in [1.54, 1.807) is 0 Å². The van der Waals surface area contributed by atoms with Crippen LogP contribution in [0.15, 0.2) is 0 Å². The molecule has 0 aliphatic carbocycles. The molecule has 12 heavy (non-hydrogen) atoms.